The molecule has 0 amide bonds. The molecule has 0 aromatic carbocycles. The van der Waals surface area contributed by atoms with Crippen LogP contribution in [0.1, 0.15) is 78.1 Å². The molecule has 0 spiro atoms. The molecule has 1 radical (unpaired) electrons. The van der Waals surface area contributed by atoms with Crippen LogP contribution in [0.5, 0.6) is 0 Å². The highest BCUT2D eigenvalue weighted by atomic mass is 14.1. The smallest absolute Gasteiger partial charge is 0.0414 e. The topological polar surface area (TPSA) is 0 Å². The van der Waals surface area contributed by atoms with Gasteiger partial charge in [-0.2, -0.15) is 0 Å². The lowest BCUT2D eigenvalue weighted by atomic mass is 9.91. The van der Waals surface area contributed by atoms with Crippen LogP contribution in [-0.4, -0.2) is 0 Å². The van der Waals surface area contributed by atoms with Gasteiger partial charge < -0.3 is 0 Å². The molecule has 0 rings (SSSR count). The van der Waals surface area contributed by atoms with Crippen molar-refractivity contribution in [1.82, 2.24) is 0 Å². The van der Waals surface area contributed by atoms with Gasteiger partial charge >= 0.3 is 0 Å². The van der Waals surface area contributed by atoms with Crippen LogP contribution in [0.2, 0.25) is 0 Å². The summed E-state index contributed by atoms with van der Waals surface area (Å²) in [6.45, 7) is 8.50. The zero-order valence-corrected chi connectivity index (χ0v) is 10.4. The molecule has 0 aliphatic rings. The van der Waals surface area contributed by atoms with E-state index < -0.39 is 0 Å². The van der Waals surface area contributed by atoms with E-state index in [1.54, 1.807) is 0 Å². The maximum atomic E-state index is 3.91. The highest BCUT2D eigenvalue weighted by molar-refractivity contribution is 4.60. The Morgan fingerprint density at radius 3 is 1.71 bits per heavy atom. The largest absolute Gasteiger partial charge is 0.0654 e. The predicted molar refractivity (Wildman–Crippen MR) is 66.4 cm³/mol. The predicted octanol–water partition coefficient (Wildman–Crippen LogP) is 5.38. The third-order valence-electron chi connectivity index (χ3n) is 3.04. The molecule has 0 aliphatic carbocycles. The van der Waals surface area contributed by atoms with Crippen molar-refractivity contribution in [3.63, 3.8) is 0 Å². The zero-order valence-electron chi connectivity index (χ0n) is 10.4. The fourth-order valence-corrected chi connectivity index (χ4v) is 2.03. The third kappa shape index (κ3) is 8.59. The molecule has 0 unspecified atom stereocenters. The first-order chi connectivity index (χ1) is 6.85. The molecule has 0 aliphatic heterocycles. The van der Waals surface area contributed by atoms with E-state index in [9.17, 15) is 0 Å². The lowest BCUT2D eigenvalue weighted by Crippen LogP contribution is -2.00. The van der Waals surface area contributed by atoms with Gasteiger partial charge in [0.25, 0.3) is 0 Å². The lowest BCUT2D eigenvalue weighted by Gasteiger charge is -2.15. The Balaban J connectivity index is 3.49. The van der Waals surface area contributed by atoms with Crippen LogP contribution in [0.25, 0.3) is 0 Å². The molecular formula is C14H29. The van der Waals surface area contributed by atoms with Gasteiger partial charge in [-0.1, -0.05) is 85.0 Å². The molecule has 0 atom stereocenters. The maximum absolute atomic E-state index is 3.91. The fraction of sp³-hybridized carbons (Fsp3) is 0.929. The molecule has 0 saturated carbocycles. The average molecular weight is 197 g/mol. The van der Waals surface area contributed by atoms with Crippen molar-refractivity contribution < 1.29 is 0 Å². The Labute approximate surface area is 91.5 Å². The summed E-state index contributed by atoms with van der Waals surface area (Å²) in [5.41, 5.74) is 0. The molecule has 0 aromatic heterocycles. The van der Waals surface area contributed by atoms with Gasteiger partial charge in [0.2, 0.25) is 0 Å². The minimum atomic E-state index is 1.02. The minimum absolute atomic E-state index is 1.02. The van der Waals surface area contributed by atoms with Gasteiger partial charge in [0.15, 0.2) is 0 Å². The van der Waals surface area contributed by atoms with Crippen molar-refractivity contribution in [3.05, 3.63) is 6.92 Å². The number of unbranched alkanes of at least 4 members (excludes halogenated alkanes) is 4. The summed E-state index contributed by atoms with van der Waals surface area (Å²) in [4.78, 5) is 0. The standard InChI is InChI=1S/C14H29/c1-4-7-10-13-14(11-8-5-2)12-9-6-3/h14H,1,4-13H2,2-3H3. The van der Waals surface area contributed by atoms with E-state index in [0.29, 0.717) is 0 Å². The minimum Gasteiger partial charge on any atom is -0.0654 e. The SMILES string of the molecule is [CH2]CCCCC(CCCC)CCCC. The van der Waals surface area contributed by atoms with E-state index in [0.717, 1.165) is 12.3 Å². The maximum Gasteiger partial charge on any atom is -0.0414 e. The monoisotopic (exact) mass is 197 g/mol. The molecule has 14 heavy (non-hydrogen) atoms. The van der Waals surface area contributed by atoms with Crippen molar-refractivity contribution in [2.45, 2.75) is 78.1 Å². The van der Waals surface area contributed by atoms with Crippen LogP contribution in [-0.2, 0) is 0 Å². The van der Waals surface area contributed by atoms with Gasteiger partial charge in [-0.3, -0.25) is 0 Å². The Morgan fingerprint density at radius 2 is 1.29 bits per heavy atom. The Morgan fingerprint density at radius 1 is 0.786 bits per heavy atom. The van der Waals surface area contributed by atoms with Gasteiger partial charge in [-0.25, -0.2) is 0 Å². The summed E-state index contributed by atoms with van der Waals surface area (Å²) in [5.74, 6) is 1.02. The van der Waals surface area contributed by atoms with E-state index in [2.05, 4.69) is 20.8 Å². The second kappa shape index (κ2) is 11.1. The number of hydrogen-bond acceptors (Lipinski definition) is 0. The van der Waals surface area contributed by atoms with E-state index in [1.807, 2.05) is 0 Å². The summed E-state index contributed by atoms with van der Waals surface area (Å²) < 4.78 is 0. The van der Waals surface area contributed by atoms with Gasteiger partial charge in [0.05, 0.1) is 0 Å². The zero-order chi connectivity index (χ0) is 10.6. The summed E-state index contributed by atoms with van der Waals surface area (Å²) in [7, 11) is 0. The highest BCUT2D eigenvalue weighted by Crippen LogP contribution is 2.22. The van der Waals surface area contributed by atoms with Gasteiger partial charge in [-0.05, 0) is 5.92 Å². The van der Waals surface area contributed by atoms with Gasteiger partial charge in [0.1, 0.15) is 0 Å². The number of hydrogen-bond donors (Lipinski definition) is 0. The summed E-state index contributed by atoms with van der Waals surface area (Å²) >= 11 is 0. The Kier molecular flexibility index (Phi) is 11.1. The molecule has 0 aromatic rings. The molecule has 0 saturated heterocycles. The molecule has 0 heteroatoms. The number of rotatable bonds is 10. The summed E-state index contributed by atoms with van der Waals surface area (Å²) in [6.07, 6.45) is 13.8. The Hall–Kier alpha value is 0. The summed E-state index contributed by atoms with van der Waals surface area (Å²) in [6, 6.07) is 0. The Bertz CT molecular complexity index is 88.2. The van der Waals surface area contributed by atoms with E-state index in [-0.39, 0.29) is 0 Å². The van der Waals surface area contributed by atoms with E-state index >= 15 is 0 Å². The van der Waals surface area contributed by atoms with Crippen molar-refractivity contribution in [2.24, 2.45) is 5.92 Å². The van der Waals surface area contributed by atoms with Crippen LogP contribution < -0.4 is 0 Å². The average Bonchev–Trinajstić information content (AvgIpc) is 2.21. The first-order valence-corrected chi connectivity index (χ1v) is 6.64. The highest BCUT2D eigenvalue weighted by Gasteiger charge is 2.06. The van der Waals surface area contributed by atoms with Crippen molar-refractivity contribution in [3.8, 4) is 0 Å². The molecule has 0 N–H and O–H groups in total. The fourth-order valence-electron chi connectivity index (χ4n) is 2.03. The van der Waals surface area contributed by atoms with Crippen molar-refractivity contribution in [2.75, 3.05) is 0 Å². The van der Waals surface area contributed by atoms with Crippen LogP contribution >= 0.6 is 0 Å². The molecule has 0 heterocycles. The third-order valence-corrected chi connectivity index (χ3v) is 3.04. The van der Waals surface area contributed by atoms with Crippen LogP contribution in [0.4, 0.5) is 0 Å². The molecule has 0 nitrogen and oxygen atoms in total. The first-order valence-electron chi connectivity index (χ1n) is 6.64. The first kappa shape index (κ1) is 14.0. The van der Waals surface area contributed by atoms with Crippen molar-refractivity contribution in [1.29, 1.82) is 0 Å². The second-order valence-electron chi connectivity index (χ2n) is 4.50. The normalized spacial score (nSPS) is 11.1. The second-order valence-corrected chi connectivity index (χ2v) is 4.50. The molecule has 85 valence electrons. The van der Waals surface area contributed by atoms with E-state index in [1.165, 1.54) is 57.8 Å². The van der Waals surface area contributed by atoms with Gasteiger partial charge in [-0.15, -0.1) is 0 Å². The lowest BCUT2D eigenvalue weighted by molar-refractivity contribution is 0.380. The summed E-state index contributed by atoms with van der Waals surface area (Å²) in [5, 5.41) is 0. The quantitative estimate of drug-likeness (QED) is 0.413. The molecule has 0 bridgehead atoms. The van der Waals surface area contributed by atoms with Gasteiger partial charge in [0, 0.05) is 0 Å². The van der Waals surface area contributed by atoms with Crippen molar-refractivity contribution >= 4 is 0 Å². The van der Waals surface area contributed by atoms with Crippen LogP contribution in [0.15, 0.2) is 0 Å². The van der Waals surface area contributed by atoms with Crippen LogP contribution in [0.3, 0.4) is 0 Å². The molecular weight excluding hydrogens is 168 g/mol. The van der Waals surface area contributed by atoms with Crippen LogP contribution in [0, 0.1) is 12.8 Å². The molecule has 0 fully saturated rings. The van der Waals surface area contributed by atoms with E-state index in [4.69, 9.17) is 0 Å².